The van der Waals surface area contributed by atoms with Gasteiger partial charge in [-0.05, 0) is 65.8 Å². The first-order valence-electron chi connectivity index (χ1n) is 12.6. The van der Waals surface area contributed by atoms with Crippen LogP contribution in [0.25, 0.3) is 27.6 Å². The Labute approximate surface area is 224 Å². The number of carbonyl (C=O) groups is 1. The van der Waals surface area contributed by atoms with Gasteiger partial charge in [0.25, 0.3) is 5.56 Å². The molecule has 0 atom stereocenters. The second kappa shape index (κ2) is 9.35. The van der Waals surface area contributed by atoms with E-state index in [9.17, 15) is 14.7 Å². The third kappa shape index (κ3) is 5.13. The highest BCUT2D eigenvalue weighted by Crippen LogP contribution is 2.25. The van der Waals surface area contributed by atoms with Crippen molar-refractivity contribution in [2.24, 2.45) is 0 Å². The maximum atomic E-state index is 13.1. The first-order chi connectivity index (χ1) is 18.3. The fourth-order valence-electron chi connectivity index (χ4n) is 4.26. The molecule has 0 aliphatic carbocycles. The zero-order valence-electron chi connectivity index (χ0n) is 22.8. The van der Waals surface area contributed by atoms with E-state index in [1.54, 1.807) is 49.1 Å². The maximum absolute atomic E-state index is 13.1. The molecule has 0 aliphatic rings. The molecular formula is C28H31N7O4. The molecule has 0 fully saturated rings. The summed E-state index contributed by atoms with van der Waals surface area (Å²) in [6.07, 6.45) is 4.46. The van der Waals surface area contributed by atoms with Gasteiger partial charge in [0.15, 0.2) is 11.5 Å². The van der Waals surface area contributed by atoms with Crippen LogP contribution in [0.4, 0.5) is 16.4 Å². The standard InChI is InChI=1S/C28H31N7O4/c1-7-34-24(36)20-14-29-25(32-23(20)35(34)22-10-8-9-21(31-22)28(5,6)38)30-19-12-11-17-15-33(16-18(17)13-19)26(37)39-27(2,3)4/h8-16,38H,7H2,1-6H3,(H,29,30,32). The van der Waals surface area contributed by atoms with Gasteiger partial charge >= 0.3 is 6.09 Å². The number of ether oxygens (including phenoxy) is 1. The van der Waals surface area contributed by atoms with Crippen molar-refractivity contribution in [3.8, 4) is 5.82 Å². The summed E-state index contributed by atoms with van der Waals surface area (Å²) in [7, 11) is 0. The van der Waals surface area contributed by atoms with E-state index in [0.717, 1.165) is 10.8 Å². The number of carbonyl (C=O) groups excluding carboxylic acids is 1. The summed E-state index contributed by atoms with van der Waals surface area (Å²) < 4.78 is 10.0. The Balaban J connectivity index is 1.52. The number of anilines is 2. The minimum Gasteiger partial charge on any atom is -0.443 e. The van der Waals surface area contributed by atoms with Crippen LogP contribution < -0.4 is 10.9 Å². The largest absolute Gasteiger partial charge is 0.443 e. The molecule has 11 heteroatoms. The second-order valence-corrected chi connectivity index (χ2v) is 10.8. The number of nitrogens with zero attached hydrogens (tertiary/aromatic N) is 6. The number of aliphatic hydroxyl groups is 1. The van der Waals surface area contributed by atoms with E-state index < -0.39 is 17.3 Å². The molecule has 0 saturated heterocycles. The summed E-state index contributed by atoms with van der Waals surface area (Å²) in [6.45, 7) is 11.0. The first-order valence-corrected chi connectivity index (χ1v) is 12.6. The van der Waals surface area contributed by atoms with E-state index in [1.807, 2.05) is 45.9 Å². The Bertz CT molecular complexity index is 1770. The van der Waals surface area contributed by atoms with Gasteiger partial charge in [-0.1, -0.05) is 12.1 Å². The van der Waals surface area contributed by atoms with Crippen molar-refractivity contribution < 1.29 is 14.6 Å². The molecule has 39 heavy (non-hydrogen) atoms. The van der Waals surface area contributed by atoms with Crippen LogP contribution >= 0.6 is 0 Å². The third-order valence-electron chi connectivity index (χ3n) is 6.06. The Morgan fingerprint density at radius 2 is 1.79 bits per heavy atom. The molecule has 0 radical (unpaired) electrons. The lowest BCUT2D eigenvalue weighted by molar-refractivity contribution is 0.0537. The number of pyridine rings is 1. The molecule has 5 aromatic rings. The van der Waals surface area contributed by atoms with Crippen molar-refractivity contribution in [3.05, 3.63) is 71.0 Å². The molecule has 0 aliphatic heterocycles. The van der Waals surface area contributed by atoms with E-state index >= 15 is 0 Å². The number of hydrogen-bond donors (Lipinski definition) is 2. The number of fused-ring (bicyclic) bond motifs is 2. The van der Waals surface area contributed by atoms with Crippen LogP contribution in [0.1, 0.15) is 47.2 Å². The second-order valence-electron chi connectivity index (χ2n) is 10.8. The summed E-state index contributed by atoms with van der Waals surface area (Å²) in [4.78, 5) is 39.2. The zero-order valence-corrected chi connectivity index (χ0v) is 22.8. The highest BCUT2D eigenvalue weighted by atomic mass is 16.6. The Kier molecular flexibility index (Phi) is 6.26. The Hall–Kier alpha value is -4.51. The van der Waals surface area contributed by atoms with Crippen molar-refractivity contribution in [2.45, 2.75) is 59.3 Å². The van der Waals surface area contributed by atoms with Crippen LogP contribution in [-0.4, -0.2) is 45.7 Å². The van der Waals surface area contributed by atoms with Gasteiger partial charge in [-0.25, -0.2) is 24.1 Å². The zero-order chi connectivity index (χ0) is 28.1. The van der Waals surface area contributed by atoms with Gasteiger partial charge < -0.3 is 15.2 Å². The molecule has 202 valence electrons. The molecule has 0 amide bonds. The van der Waals surface area contributed by atoms with Gasteiger partial charge in [0.2, 0.25) is 5.95 Å². The Morgan fingerprint density at radius 3 is 2.49 bits per heavy atom. The van der Waals surface area contributed by atoms with Crippen molar-refractivity contribution >= 4 is 39.5 Å². The van der Waals surface area contributed by atoms with Crippen molar-refractivity contribution in [1.29, 1.82) is 0 Å². The summed E-state index contributed by atoms with van der Waals surface area (Å²) >= 11 is 0. The van der Waals surface area contributed by atoms with E-state index in [2.05, 4.69) is 20.3 Å². The topological polar surface area (TPSA) is 129 Å². The smallest absolute Gasteiger partial charge is 0.418 e. The normalized spacial score (nSPS) is 12.3. The SMILES string of the molecule is CCn1c(=O)c2cnc(Nc3ccc4cn(C(=O)OC(C)(C)C)cc4c3)nc2n1-c1cccc(C(C)(C)O)n1. The van der Waals surface area contributed by atoms with Crippen LogP contribution in [0.5, 0.6) is 0 Å². The minimum absolute atomic E-state index is 0.237. The average Bonchev–Trinajstić information content (AvgIpc) is 3.41. The van der Waals surface area contributed by atoms with Gasteiger partial charge in [-0.3, -0.25) is 9.36 Å². The number of nitrogens with one attached hydrogen (secondary N) is 1. The molecule has 0 bridgehead atoms. The number of rotatable bonds is 5. The van der Waals surface area contributed by atoms with E-state index in [4.69, 9.17) is 4.74 Å². The molecule has 1 aromatic carbocycles. The molecule has 2 N–H and O–H groups in total. The molecule has 4 aromatic heterocycles. The van der Waals surface area contributed by atoms with E-state index in [0.29, 0.717) is 34.8 Å². The summed E-state index contributed by atoms with van der Waals surface area (Å²) in [5.74, 6) is 0.743. The fourth-order valence-corrected chi connectivity index (χ4v) is 4.26. The predicted octanol–water partition coefficient (Wildman–Crippen LogP) is 4.71. The number of aromatic nitrogens is 6. The lowest BCUT2D eigenvalue weighted by atomic mass is 10.1. The third-order valence-corrected chi connectivity index (χ3v) is 6.06. The highest BCUT2D eigenvalue weighted by Gasteiger charge is 2.22. The summed E-state index contributed by atoms with van der Waals surface area (Å²) in [6, 6.07) is 10.9. The average molecular weight is 530 g/mol. The number of benzene rings is 1. The van der Waals surface area contributed by atoms with Crippen LogP contribution in [0.15, 0.2) is 59.8 Å². The summed E-state index contributed by atoms with van der Waals surface area (Å²) in [5, 5.41) is 15.7. The van der Waals surface area contributed by atoms with Crippen LogP contribution in [0, 0.1) is 0 Å². The van der Waals surface area contributed by atoms with Gasteiger partial charge in [0.1, 0.15) is 16.6 Å². The van der Waals surface area contributed by atoms with Crippen LogP contribution in [0.3, 0.4) is 0 Å². The van der Waals surface area contributed by atoms with Crippen molar-refractivity contribution in [2.75, 3.05) is 5.32 Å². The van der Waals surface area contributed by atoms with Gasteiger partial charge in [0, 0.05) is 41.6 Å². The summed E-state index contributed by atoms with van der Waals surface area (Å²) in [5.41, 5.74) is -0.431. The van der Waals surface area contributed by atoms with Gasteiger partial charge in [0.05, 0.1) is 5.69 Å². The maximum Gasteiger partial charge on any atom is 0.418 e. The van der Waals surface area contributed by atoms with E-state index in [-0.39, 0.29) is 11.5 Å². The highest BCUT2D eigenvalue weighted by molar-refractivity contribution is 5.90. The quantitative estimate of drug-likeness (QED) is 0.335. The first kappa shape index (κ1) is 26.1. The molecule has 4 heterocycles. The van der Waals surface area contributed by atoms with Gasteiger partial charge in [-0.15, -0.1) is 0 Å². The lowest BCUT2D eigenvalue weighted by Gasteiger charge is -2.19. The van der Waals surface area contributed by atoms with Crippen LogP contribution in [0.2, 0.25) is 0 Å². The van der Waals surface area contributed by atoms with Crippen molar-refractivity contribution in [3.63, 3.8) is 0 Å². The molecule has 0 saturated carbocycles. The molecule has 11 nitrogen and oxygen atoms in total. The predicted molar refractivity (Wildman–Crippen MR) is 149 cm³/mol. The monoisotopic (exact) mass is 529 g/mol. The van der Waals surface area contributed by atoms with E-state index in [1.165, 1.54) is 15.4 Å². The van der Waals surface area contributed by atoms with Gasteiger partial charge in [-0.2, -0.15) is 4.98 Å². The van der Waals surface area contributed by atoms with Crippen molar-refractivity contribution in [1.82, 2.24) is 28.9 Å². The Morgan fingerprint density at radius 1 is 1.05 bits per heavy atom. The molecular weight excluding hydrogens is 498 g/mol. The van der Waals surface area contributed by atoms with Crippen LogP contribution in [-0.2, 0) is 16.9 Å². The fraction of sp³-hybridized carbons (Fsp3) is 0.321. The lowest BCUT2D eigenvalue weighted by Crippen LogP contribution is -2.26. The molecule has 0 spiro atoms. The molecule has 5 rings (SSSR count). The molecule has 0 unspecified atom stereocenters. The number of hydrogen-bond acceptors (Lipinski definition) is 8. The minimum atomic E-state index is -1.15.